The first-order chi connectivity index (χ1) is 11.3. The van der Waals surface area contributed by atoms with Crippen molar-refractivity contribution >= 4 is 10.9 Å². The number of aromatic nitrogens is 1. The molecule has 0 bridgehead atoms. The van der Waals surface area contributed by atoms with Crippen LogP contribution in [-0.4, -0.2) is 47.6 Å². The number of H-pyrrole nitrogens is 1. The van der Waals surface area contributed by atoms with Crippen LogP contribution in [0.5, 0.6) is 0 Å². The molecular formula is C22H37N3. The third-order valence-corrected chi connectivity index (χ3v) is 5.75. The molecule has 4 rings (SSSR count). The second-order valence-corrected chi connectivity index (χ2v) is 7.51. The van der Waals surface area contributed by atoms with Crippen LogP contribution in [-0.2, 0) is 0 Å². The monoisotopic (exact) mass is 343 g/mol. The number of benzene rings is 1. The number of likely N-dealkylation sites (tertiary alicyclic amines) is 2. The Morgan fingerprint density at radius 2 is 1.64 bits per heavy atom. The summed E-state index contributed by atoms with van der Waals surface area (Å²) >= 11 is 0. The zero-order valence-corrected chi connectivity index (χ0v) is 14.4. The molecule has 2 fully saturated rings. The van der Waals surface area contributed by atoms with E-state index in [1.54, 1.807) is 0 Å². The zero-order valence-electron chi connectivity index (χ0n) is 14.4. The van der Waals surface area contributed by atoms with Crippen LogP contribution in [0.15, 0.2) is 24.4 Å². The lowest BCUT2D eigenvalue weighted by molar-refractivity contribution is 0.0928. The molecule has 1 N–H and O–H groups in total. The van der Waals surface area contributed by atoms with Gasteiger partial charge in [-0.3, -0.25) is 9.80 Å². The van der Waals surface area contributed by atoms with Crippen molar-refractivity contribution in [2.75, 3.05) is 32.8 Å². The highest BCUT2D eigenvalue weighted by molar-refractivity contribution is 5.84. The normalized spacial score (nSPS) is 20.2. The second-order valence-electron chi connectivity index (χ2n) is 7.51. The van der Waals surface area contributed by atoms with Crippen molar-refractivity contribution in [3.05, 3.63) is 35.5 Å². The molecule has 2 aromatic rings. The highest BCUT2D eigenvalue weighted by Gasteiger charge is 2.24. The zero-order chi connectivity index (χ0) is 15.6. The summed E-state index contributed by atoms with van der Waals surface area (Å²) in [4.78, 5) is 8.80. The predicted molar refractivity (Wildman–Crippen MR) is 110 cm³/mol. The maximum absolute atomic E-state index is 3.48. The van der Waals surface area contributed by atoms with E-state index < -0.39 is 0 Å². The van der Waals surface area contributed by atoms with E-state index in [0.717, 1.165) is 5.92 Å². The van der Waals surface area contributed by atoms with Gasteiger partial charge in [0.25, 0.3) is 0 Å². The molecule has 3 nitrogen and oxygen atoms in total. The van der Waals surface area contributed by atoms with E-state index in [0.29, 0.717) is 0 Å². The highest BCUT2D eigenvalue weighted by atomic mass is 15.3. The minimum Gasteiger partial charge on any atom is -0.361 e. The highest BCUT2D eigenvalue weighted by Crippen LogP contribution is 2.33. The van der Waals surface area contributed by atoms with Gasteiger partial charge in [0.15, 0.2) is 0 Å². The number of rotatable bonds is 3. The van der Waals surface area contributed by atoms with Gasteiger partial charge in [0.1, 0.15) is 0 Å². The summed E-state index contributed by atoms with van der Waals surface area (Å²) in [5.74, 6) is 0.726. The van der Waals surface area contributed by atoms with Crippen molar-refractivity contribution in [3.63, 3.8) is 0 Å². The molecule has 0 atom stereocenters. The number of hydrogen-bond acceptors (Lipinski definition) is 2. The molecule has 2 saturated heterocycles. The fraction of sp³-hybridized carbons (Fsp3) is 0.636. The van der Waals surface area contributed by atoms with Gasteiger partial charge in [-0.1, -0.05) is 33.4 Å². The number of nitrogens with one attached hydrogen (secondary N) is 1. The fourth-order valence-corrected chi connectivity index (χ4v) is 4.37. The van der Waals surface area contributed by atoms with Crippen molar-refractivity contribution < 1.29 is 0 Å². The first kappa shape index (κ1) is 20.0. The van der Waals surface area contributed by atoms with Crippen LogP contribution < -0.4 is 0 Å². The first-order valence-electron chi connectivity index (χ1n) is 9.32. The van der Waals surface area contributed by atoms with Gasteiger partial charge in [0.2, 0.25) is 0 Å². The van der Waals surface area contributed by atoms with E-state index in [-0.39, 0.29) is 14.9 Å². The van der Waals surface area contributed by atoms with Crippen molar-refractivity contribution in [2.45, 2.75) is 59.8 Å². The number of nitrogens with zero attached hydrogens (tertiary/aromatic N) is 2. The molecule has 1 aromatic carbocycles. The van der Waals surface area contributed by atoms with Gasteiger partial charge in [-0.05, 0) is 81.9 Å². The molecule has 0 radical (unpaired) electrons. The van der Waals surface area contributed by atoms with Crippen LogP contribution >= 0.6 is 0 Å². The molecule has 3 heteroatoms. The molecule has 0 unspecified atom stereocenters. The Labute approximate surface area is 154 Å². The van der Waals surface area contributed by atoms with Gasteiger partial charge in [-0.25, -0.2) is 0 Å². The summed E-state index contributed by atoms with van der Waals surface area (Å²) in [5, 5.41) is 1.44. The van der Waals surface area contributed by atoms with E-state index in [9.17, 15) is 0 Å². The van der Waals surface area contributed by atoms with E-state index in [1.807, 2.05) is 0 Å². The summed E-state index contributed by atoms with van der Waals surface area (Å²) in [6.45, 7) is 8.47. The van der Waals surface area contributed by atoms with Crippen LogP contribution in [0.4, 0.5) is 0 Å². The summed E-state index contributed by atoms with van der Waals surface area (Å²) in [5.41, 5.74) is 4.18. The lowest BCUT2D eigenvalue weighted by atomic mass is 9.89. The average Bonchev–Trinajstić information content (AvgIpc) is 2.99. The Kier molecular flexibility index (Phi) is 7.09. The van der Waals surface area contributed by atoms with Crippen LogP contribution in [0.1, 0.15) is 64.0 Å². The van der Waals surface area contributed by atoms with E-state index >= 15 is 0 Å². The molecule has 0 saturated carbocycles. The molecule has 25 heavy (non-hydrogen) atoms. The Morgan fingerprint density at radius 1 is 0.960 bits per heavy atom. The molecule has 0 spiro atoms. The Morgan fingerprint density at radius 3 is 2.36 bits per heavy atom. The fourth-order valence-electron chi connectivity index (χ4n) is 4.37. The number of hydrogen-bond donors (Lipinski definition) is 1. The Balaban J connectivity index is 0.00000113. The van der Waals surface area contributed by atoms with Gasteiger partial charge < -0.3 is 4.98 Å². The van der Waals surface area contributed by atoms with Crippen molar-refractivity contribution in [2.24, 2.45) is 0 Å². The topological polar surface area (TPSA) is 22.3 Å². The van der Waals surface area contributed by atoms with Crippen LogP contribution in [0.2, 0.25) is 0 Å². The molecule has 0 aliphatic carbocycles. The van der Waals surface area contributed by atoms with Gasteiger partial charge in [0, 0.05) is 17.1 Å². The van der Waals surface area contributed by atoms with E-state index in [1.165, 1.54) is 87.0 Å². The Bertz CT molecular complexity index is 646. The third kappa shape index (κ3) is 4.45. The average molecular weight is 344 g/mol. The lowest BCUT2D eigenvalue weighted by Gasteiger charge is -2.37. The minimum absolute atomic E-state index is 0. The molecule has 3 heterocycles. The van der Waals surface area contributed by atoms with Gasteiger partial charge in [-0.15, -0.1) is 0 Å². The predicted octanol–water partition coefficient (Wildman–Crippen LogP) is 5.37. The smallest absolute Gasteiger partial charge is 0.0506 e. The summed E-state index contributed by atoms with van der Waals surface area (Å²) in [7, 11) is 0. The van der Waals surface area contributed by atoms with Gasteiger partial charge >= 0.3 is 0 Å². The SMILES string of the molecule is C.C.Cc1ccc2c(C3CCN(CN4CCCCC4)CC3)c[nH]c2c1. The lowest BCUT2D eigenvalue weighted by Crippen LogP contribution is -2.43. The number of fused-ring (bicyclic) bond motifs is 1. The van der Waals surface area contributed by atoms with Crippen LogP contribution in [0.25, 0.3) is 10.9 Å². The quantitative estimate of drug-likeness (QED) is 0.809. The standard InChI is InChI=1S/C20H29N3.2CH4/c1-16-5-6-18-19(14-21-20(18)13-16)17-7-11-23(12-8-17)15-22-9-3-2-4-10-22;;/h5-6,13-14,17,21H,2-4,7-12,15H2,1H3;2*1H4. The third-order valence-electron chi connectivity index (χ3n) is 5.75. The largest absolute Gasteiger partial charge is 0.361 e. The molecule has 2 aliphatic heterocycles. The second kappa shape index (κ2) is 8.86. The van der Waals surface area contributed by atoms with E-state index in [2.05, 4.69) is 46.1 Å². The summed E-state index contributed by atoms with van der Waals surface area (Å²) in [6.07, 6.45) is 9.08. The maximum atomic E-state index is 3.48. The minimum atomic E-state index is 0. The number of piperidine rings is 2. The summed E-state index contributed by atoms with van der Waals surface area (Å²) in [6, 6.07) is 6.81. The van der Waals surface area contributed by atoms with Gasteiger partial charge in [0.05, 0.1) is 6.67 Å². The maximum Gasteiger partial charge on any atom is 0.0506 e. The molecular weight excluding hydrogens is 306 g/mol. The number of aryl methyl sites for hydroxylation is 1. The molecule has 1 aromatic heterocycles. The summed E-state index contributed by atoms with van der Waals surface area (Å²) < 4.78 is 0. The van der Waals surface area contributed by atoms with Gasteiger partial charge in [-0.2, -0.15) is 0 Å². The number of aromatic amines is 1. The molecule has 0 amide bonds. The Hall–Kier alpha value is -1.32. The van der Waals surface area contributed by atoms with Crippen LogP contribution in [0, 0.1) is 6.92 Å². The van der Waals surface area contributed by atoms with Crippen molar-refractivity contribution in [1.82, 2.24) is 14.8 Å². The van der Waals surface area contributed by atoms with Crippen molar-refractivity contribution in [3.8, 4) is 0 Å². The van der Waals surface area contributed by atoms with Crippen molar-refractivity contribution in [1.29, 1.82) is 0 Å². The first-order valence-corrected chi connectivity index (χ1v) is 9.32. The molecule has 140 valence electrons. The molecule has 2 aliphatic rings. The van der Waals surface area contributed by atoms with E-state index in [4.69, 9.17) is 0 Å². The van der Waals surface area contributed by atoms with Crippen LogP contribution in [0.3, 0.4) is 0 Å².